The van der Waals surface area contributed by atoms with E-state index in [1.807, 2.05) is 36.1 Å². The molecule has 0 bridgehead atoms. The molecule has 1 N–H and O–H groups in total. The first-order valence-electron chi connectivity index (χ1n) is 8.47. The largest absolute Gasteiger partial charge is 0.395 e. The molecular weight excluding hydrogens is 328 g/mol. The highest BCUT2D eigenvalue weighted by Crippen LogP contribution is 2.25. The Morgan fingerprint density at radius 2 is 2.04 bits per heavy atom. The van der Waals surface area contributed by atoms with Gasteiger partial charge in [-0.25, -0.2) is 14.5 Å². The monoisotopic (exact) mass is 348 g/mol. The van der Waals surface area contributed by atoms with E-state index in [0.717, 1.165) is 29.3 Å². The molecule has 4 rings (SSSR count). The quantitative estimate of drug-likeness (QED) is 0.577. The van der Waals surface area contributed by atoms with Crippen molar-refractivity contribution in [3.05, 3.63) is 66.9 Å². The third-order valence-corrected chi connectivity index (χ3v) is 4.28. The molecule has 7 nitrogen and oxygen atoms in total. The highest BCUT2D eigenvalue weighted by Gasteiger charge is 2.14. The molecule has 0 aliphatic heterocycles. The van der Waals surface area contributed by atoms with Gasteiger partial charge in [-0.1, -0.05) is 12.1 Å². The predicted molar refractivity (Wildman–Crippen MR) is 99.0 cm³/mol. The molecule has 0 amide bonds. The van der Waals surface area contributed by atoms with E-state index in [1.165, 1.54) is 5.56 Å². The van der Waals surface area contributed by atoms with Gasteiger partial charge in [-0.2, -0.15) is 5.10 Å². The molecule has 0 saturated heterocycles. The van der Waals surface area contributed by atoms with Crippen LogP contribution in [0.3, 0.4) is 0 Å². The van der Waals surface area contributed by atoms with Crippen LogP contribution in [0.2, 0.25) is 0 Å². The summed E-state index contributed by atoms with van der Waals surface area (Å²) in [5.41, 5.74) is 3.87. The lowest BCUT2D eigenvalue weighted by atomic mass is 10.2. The molecule has 132 valence electrons. The molecule has 0 aliphatic rings. The molecule has 26 heavy (non-hydrogen) atoms. The second kappa shape index (κ2) is 7.07. The van der Waals surface area contributed by atoms with E-state index in [2.05, 4.69) is 38.2 Å². The predicted octanol–water partition coefficient (Wildman–Crippen LogP) is 2.01. The van der Waals surface area contributed by atoms with Crippen molar-refractivity contribution < 1.29 is 5.11 Å². The molecule has 0 unspecified atom stereocenters. The molecule has 0 fully saturated rings. The highest BCUT2D eigenvalue weighted by atomic mass is 16.3. The number of aliphatic hydroxyl groups is 1. The van der Waals surface area contributed by atoms with Gasteiger partial charge in [-0.15, -0.1) is 0 Å². The minimum Gasteiger partial charge on any atom is -0.395 e. The fraction of sp³-hybridized carbons (Fsp3) is 0.211. The molecule has 3 aromatic heterocycles. The average molecular weight is 348 g/mol. The summed E-state index contributed by atoms with van der Waals surface area (Å²) in [6, 6.07) is 10.2. The summed E-state index contributed by atoms with van der Waals surface area (Å²) in [6.45, 7) is 1.58. The zero-order valence-corrected chi connectivity index (χ0v) is 14.5. The van der Waals surface area contributed by atoms with Gasteiger partial charge in [0.1, 0.15) is 5.82 Å². The van der Waals surface area contributed by atoms with Crippen molar-refractivity contribution in [2.75, 3.05) is 20.2 Å². The van der Waals surface area contributed by atoms with Crippen LogP contribution >= 0.6 is 0 Å². The van der Waals surface area contributed by atoms with Crippen LogP contribution in [0.15, 0.2) is 61.3 Å². The summed E-state index contributed by atoms with van der Waals surface area (Å²) >= 11 is 0. The molecule has 1 aromatic carbocycles. The number of imidazole rings is 1. The van der Waals surface area contributed by atoms with Crippen molar-refractivity contribution in [1.29, 1.82) is 0 Å². The van der Waals surface area contributed by atoms with E-state index in [0.29, 0.717) is 6.54 Å². The molecular formula is C19H20N6O. The van der Waals surface area contributed by atoms with Gasteiger partial charge in [0.05, 0.1) is 18.4 Å². The molecule has 0 radical (unpaired) electrons. The number of aliphatic hydroxyl groups excluding tert-OH is 1. The Labute approximate surface area is 151 Å². The Balaban J connectivity index is 1.71. The topological polar surface area (TPSA) is 71.5 Å². The number of likely N-dealkylation sites (N-methyl/N-ethyl adjacent to an activating group) is 1. The third kappa shape index (κ3) is 3.10. The van der Waals surface area contributed by atoms with Gasteiger partial charge in [-0.05, 0) is 30.8 Å². The number of fused-ring (bicyclic) bond motifs is 1. The van der Waals surface area contributed by atoms with Gasteiger partial charge in [0, 0.05) is 43.6 Å². The number of nitrogens with zero attached hydrogens (tertiary/aromatic N) is 6. The van der Waals surface area contributed by atoms with Crippen LogP contribution in [0.4, 0.5) is 0 Å². The normalized spacial score (nSPS) is 11.5. The fourth-order valence-corrected chi connectivity index (χ4v) is 3.06. The molecule has 0 aliphatic carbocycles. The van der Waals surface area contributed by atoms with Gasteiger partial charge < -0.3 is 5.11 Å². The van der Waals surface area contributed by atoms with Crippen LogP contribution in [0, 0.1) is 0 Å². The van der Waals surface area contributed by atoms with E-state index in [9.17, 15) is 0 Å². The maximum absolute atomic E-state index is 9.08. The highest BCUT2D eigenvalue weighted by molar-refractivity contribution is 5.73. The first kappa shape index (κ1) is 16.4. The minimum absolute atomic E-state index is 0.156. The van der Waals surface area contributed by atoms with Crippen LogP contribution in [0.5, 0.6) is 0 Å². The lowest BCUT2D eigenvalue weighted by Crippen LogP contribution is -2.21. The van der Waals surface area contributed by atoms with Crippen LogP contribution < -0.4 is 0 Å². The molecule has 4 aromatic rings. The zero-order valence-electron chi connectivity index (χ0n) is 14.5. The van der Waals surface area contributed by atoms with Crippen molar-refractivity contribution in [3.63, 3.8) is 0 Å². The van der Waals surface area contributed by atoms with Crippen LogP contribution in [0.25, 0.3) is 22.7 Å². The summed E-state index contributed by atoms with van der Waals surface area (Å²) in [5, 5.41) is 13.4. The zero-order chi connectivity index (χ0) is 17.9. The number of hydrogen-bond donors (Lipinski definition) is 1. The molecule has 7 heteroatoms. The summed E-state index contributed by atoms with van der Waals surface area (Å²) in [7, 11) is 2.00. The Morgan fingerprint density at radius 1 is 1.12 bits per heavy atom. The third-order valence-electron chi connectivity index (χ3n) is 4.28. The molecule has 3 heterocycles. The van der Waals surface area contributed by atoms with Gasteiger partial charge >= 0.3 is 0 Å². The SMILES string of the molecule is CN(CCO)Cc1cccc(-n2ccnc2-c2cnn3cccnc23)c1. The summed E-state index contributed by atoms with van der Waals surface area (Å²) in [5.74, 6) is 0.805. The van der Waals surface area contributed by atoms with Crippen molar-refractivity contribution in [3.8, 4) is 17.1 Å². The Bertz CT molecular complexity index is 1020. The van der Waals surface area contributed by atoms with E-state index in [4.69, 9.17) is 5.11 Å². The Hall–Kier alpha value is -3.03. The van der Waals surface area contributed by atoms with Gasteiger partial charge in [-0.3, -0.25) is 9.47 Å². The minimum atomic E-state index is 0.156. The second-order valence-corrected chi connectivity index (χ2v) is 6.20. The molecule has 0 saturated carbocycles. The van der Waals surface area contributed by atoms with E-state index < -0.39 is 0 Å². The lowest BCUT2D eigenvalue weighted by Gasteiger charge is -2.16. The van der Waals surface area contributed by atoms with E-state index >= 15 is 0 Å². The maximum Gasteiger partial charge on any atom is 0.165 e. The summed E-state index contributed by atoms with van der Waals surface area (Å²) in [6.07, 6.45) is 9.15. The van der Waals surface area contributed by atoms with E-state index in [1.54, 1.807) is 23.1 Å². The lowest BCUT2D eigenvalue weighted by molar-refractivity contribution is 0.217. The average Bonchev–Trinajstić information content (AvgIpc) is 3.28. The van der Waals surface area contributed by atoms with Crippen LogP contribution in [-0.4, -0.2) is 54.4 Å². The van der Waals surface area contributed by atoms with E-state index in [-0.39, 0.29) is 6.61 Å². The first-order valence-corrected chi connectivity index (χ1v) is 8.47. The van der Waals surface area contributed by atoms with Gasteiger partial charge in [0.2, 0.25) is 0 Å². The number of hydrogen-bond acceptors (Lipinski definition) is 5. The molecule has 0 atom stereocenters. The number of aromatic nitrogens is 5. The summed E-state index contributed by atoms with van der Waals surface area (Å²) < 4.78 is 3.79. The fourth-order valence-electron chi connectivity index (χ4n) is 3.06. The first-order chi connectivity index (χ1) is 12.8. The second-order valence-electron chi connectivity index (χ2n) is 6.20. The Kier molecular flexibility index (Phi) is 4.47. The Morgan fingerprint density at radius 3 is 2.92 bits per heavy atom. The maximum atomic E-state index is 9.08. The number of rotatable bonds is 6. The van der Waals surface area contributed by atoms with Crippen molar-refractivity contribution in [2.45, 2.75) is 6.54 Å². The van der Waals surface area contributed by atoms with Crippen molar-refractivity contribution in [1.82, 2.24) is 29.0 Å². The standard InChI is InChI=1S/C19H20N6O/c1-23(10-11-26)14-15-4-2-5-16(12-15)24-9-7-21-18(24)17-13-22-25-8-3-6-20-19(17)25/h2-9,12-13,26H,10-11,14H2,1H3. The van der Waals surface area contributed by atoms with Gasteiger partial charge in [0.25, 0.3) is 0 Å². The van der Waals surface area contributed by atoms with Crippen LogP contribution in [0.1, 0.15) is 5.56 Å². The van der Waals surface area contributed by atoms with Gasteiger partial charge in [0.15, 0.2) is 5.65 Å². The van der Waals surface area contributed by atoms with Crippen LogP contribution in [-0.2, 0) is 6.54 Å². The molecule has 0 spiro atoms. The summed E-state index contributed by atoms with van der Waals surface area (Å²) in [4.78, 5) is 11.0. The van der Waals surface area contributed by atoms with Crippen molar-refractivity contribution in [2.24, 2.45) is 0 Å². The number of benzene rings is 1. The van der Waals surface area contributed by atoms with Crippen molar-refractivity contribution >= 4 is 5.65 Å². The smallest absolute Gasteiger partial charge is 0.165 e.